The number of nitrogens with zero attached hydrogens (tertiary/aromatic N) is 1. The van der Waals surface area contributed by atoms with E-state index >= 15 is 0 Å². The zero-order chi connectivity index (χ0) is 16.8. The van der Waals surface area contributed by atoms with Crippen molar-refractivity contribution >= 4 is 5.91 Å². The molecule has 0 bridgehead atoms. The molecule has 1 saturated carbocycles. The molecule has 1 aromatic carbocycles. The summed E-state index contributed by atoms with van der Waals surface area (Å²) < 4.78 is 5.50. The van der Waals surface area contributed by atoms with Gasteiger partial charge in [-0.15, -0.1) is 0 Å². The summed E-state index contributed by atoms with van der Waals surface area (Å²) in [6.45, 7) is 4.25. The Balaban J connectivity index is 1.58. The average Bonchev–Trinajstić information content (AvgIpc) is 2.63. The molecule has 132 valence electrons. The van der Waals surface area contributed by atoms with Crippen molar-refractivity contribution in [1.82, 2.24) is 10.2 Å². The maximum Gasteiger partial charge on any atom is 0.224 e. The van der Waals surface area contributed by atoms with Crippen LogP contribution >= 0.6 is 0 Å². The molecule has 1 heterocycles. The Morgan fingerprint density at radius 3 is 2.46 bits per heavy atom. The molecule has 2 N–H and O–H groups in total. The van der Waals surface area contributed by atoms with Crippen LogP contribution in [0.3, 0.4) is 0 Å². The van der Waals surface area contributed by atoms with E-state index in [9.17, 15) is 9.90 Å². The molecule has 1 aliphatic heterocycles. The Kier molecular flexibility index (Phi) is 5.74. The molecule has 1 saturated heterocycles. The van der Waals surface area contributed by atoms with E-state index in [1.807, 2.05) is 0 Å². The molecule has 2 aliphatic rings. The largest absolute Gasteiger partial charge is 0.508 e. The number of morpholine rings is 1. The average molecular weight is 332 g/mol. The summed E-state index contributed by atoms with van der Waals surface area (Å²) in [6, 6.07) is 6.85. The standard InChI is InChI=1S/C19H28N2O3/c22-17-6-4-16(5-7-17)14-18(23)20-15-19(8-2-1-3-9-19)21-10-12-24-13-11-21/h4-7,22H,1-3,8-15H2,(H,20,23). The van der Waals surface area contributed by atoms with Crippen molar-refractivity contribution in [1.29, 1.82) is 0 Å². The Hall–Kier alpha value is -1.59. The fourth-order valence-corrected chi connectivity index (χ4v) is 3.98. The van der Waals surface area contributed by atoms with Crippen LogP contribution in [0.1, 0.15) is 37.7 Å². The van der Waals surface area contributed by atoms with Gasteiger partial charge in [0.2, 0.25) is 5.91 Å². The van der Waals surface area contributed by atoms with Crippen molar-refractivity contribution in [2.24, 2.45) is 0 Å². The number of rotatable bonds is 5. The Morgan fingerprint density at radius 2 is 1.79 bits per heavy atom. The van der Waals surface area contributed by atoms with Crippen LogP contribution in [0, 0.1) is 0 Å². The minimum absolute atomic E-state index is 0.0545. The molecule has 5 nitrogen and oxygen atoms in total. The van der Waals surface area contributed by atoms with Crippen LogP contribution < -0.4 is 5.32 Å². The topological polar surface area (TPSA) is 61.8 Å². The van der Waals surface area contributed by atoms with E-state index in [4.69, 9.17) is 4.74 Å². The van der Waals surface area contributed by atoms with Gasteiger partial charge < -0.3 is 15.2 Å². The van der Waals surface area contributed by atoms with Gasteiger partial charge in [0.25, 0.3) is 0 Å². The number of ether oxygens (including phenoxy) is 1. The highest BCUT2D eigenvalue weighted by Gasteiger charge is 2.38. The minimum Gasteiger partial charge on any atom is -0.508 e. The Bertz CT molecular complexity index is 532. The van der Waals surface area contributed by atoms with E-state index in [0.717, 1.165) is 51.3 Å². The molecule has 1 aromatic rings. The first-order chi connectivity index (χ1) is 11.7. The van der Waals surface area contributed by atoms with E-state index in [1.54, 1.807) is 24.3 Å². The lowest BCUT2D eigenvalue weighted by Crippen LogP contribution is -2.59. The number of aromatic hydroxyl groups is 1. The summed E-state index contributed by atoms with van der Waals surface area (Å²) in [5.74, 6) is 0.284. The molecule has 0 spiro atoms. The molecule has 0 aromatic heterocycles. The van der Waals surface area contributed by atoms with Crippen LogP contribution in [0.2, 0.25) is 0 Å². The third-order valence-corrected chi connectivity index (χ3v) is 5.38. The highest BCUT2D eigenvalue weighted by molar-refractivity contribution is 5.78. The SMILES string of the molecule is O=C(Cc1ccc(O)cc1)NCC1(N2CCOCC2)CCCCC1. The number of phenolic OH excluding ortho intramolecular Hbond substituents is 1. The van der Waals surface area contributed by atoms with Crippen molar-refractivity contribution in [2.45, 2.75) is 44.1 Å². The van der Waals surface area contributed by atoms with Crippen molar-refractivity contribution in [3.8, 4) is 5.75 Å². The second-order valence-corrected chi connectivity index (χ2v) is 7.00. The molecule has 0 atom stereocenters. The lowest BCUT2D eigenvalue weighted by Gasteiger charge is -2.48. The number of hydrogen-bond acceptors (Lipinski definition) is 4. The Labute approximate surface area is 144 Å². The summed E-state index contributed by atoms with van der Waals surface area (Å²) in [7, 11) is 0. The van der Waals surface area contributed by atoms with Crippen LogP contribution in [0.15, 0.2) is 24.3 Å². The molecule has 3 rings (SSSR count). The van der Waals surface area contributed by atoms with Gasteiger partial charge in [0.05, 0.1) is 19.6 Å². The molecule has 5 heteroatoms. The number of hydrogen-bond donors (Lipinski definition) is 2. The van der Waals surface area contributed by atoms with Crippen molar-refractivity contribution < 1.29 is 14.6 Å². The summed E-state index contributed by atoms with van der Waals surface area (Å²) in [5, 5.41) is 12.5. The van der Waals surface area contributed by atoms with Gasteiger partial charge in [-0.05, 0) is 30.5 Å². The second-order valence-electron chi connectivity index (χ2n) is 7.00. The van der Waals surface area contributed by atoms with E-state index in [1.165, 1.54) is 19.3 Å². The monoisotopic (exact) mass is 332 g/mol. The van der Waals surface area contributed by atoms with Crippen LogP contribution in [-0.4, -0.2) is 54.3 Å². The number of amides is 1. The highest BCUT2D eigenvalue weighted by atomic mass is 16.5. The number of benzene rings is 1. The maximum atomic E-state index is 12.3. The number of phenols is 1. The second kappa shape index (κ2) is 7.99. The van der Waals surface area contributed by atoms with E-state index in [0.29, 0.717) is 6.42 Å². The zero-order valence-corrected chi connectivity index (χ0v) is 14.3. The molecule has 1 amide bonds. The van der Waals surface area contributed by atoms with Gasteiger partial charge in [0.15, 0.2) is 0 Å². The molecular weight excluding hydrogens is 304 g/mol. The molecule has 1 aliphatic carbocycles. The predicted molar refractivity (Wildman–Crippen MR) is 93.0 cm³/mol. The molecular formula is C19H28N2O3. The van der Waals surface area contributed by atoms with Crippen LogP contribution in [0.5, 0.6) is 5.75 Å². The van der Waals surface area contributed by atoms with Crippen LogP contribution in [0.4, 0.5) is 0 Å². The van der Waals surface area contributed by atoms with Crippen LogP contribution in [0.25, 0.3) is 0 Å². The summed E-state index contributed by atoms with van der Waals surface area (Å²) in [6.07, 6.45) is 6.46. The van der Waals surface area contributed by atoms with Gasteiger partial charge >= 0.3 is 0 Å². The lowest BCUT2D eigenvalue weighted by atomic mass is 9.79. The summed E-state index contributed by atoms with van der Waals surface area (Å²) >= 11 is 0. The predicted octanol–water partition coefficient (Wildman–Crippen LogP) is 2.09. The first kappa shape index (κ1) is 17.2. The van der Waals surface area contributed by atoms with Gasteiger partial charge in [-0.25, -0.2) is 0 Å². The first-order valence-corrected chi connectivity index (χ1v) is 9.05. The first-order valence-electron chi connectivity index (χ1n) is 9.05. The summed E-state index contributed by atoms with van der Waals surface area (Å²) in [4.78, 5) is 14.9. The third-order valence-electron chi connectivity index (χ3n) is 5.38. The minimum atomic E-state index is 0.0545. The summed E-state index contributed by atoms with van der Waals surface area (Å²) in [5.41, 5.74) is 1.03. The highest BCUT2D eigenvalue weighted by Crippen LogP contribution is 2.33. The van der Waals surface area contributed by atoms with Crippen molar-refractivity contribution in [3.63, 3.8) is 0 Å². The van der Waals surface area contributed by atoms with Gasteiger partial charge in [0.1, 0.15) is 5.75 Å². The van der Waals surface area contributed by atoms with Crippen LogP contribution in [-0.2, 0) is 16.0 Å². The normalized spacial score (nSPS) is 21.3. The third kappa shape index (κ3) is 4.28. The van der Waals surface area contributed by atoms with E-state index in [2.05, 4.69) is 10.2 Å². The lowest BCUT2D eigenvalue weighted by molar-refractivity contribution is -0.121. The number of nitrogens with one attached hydrogen (secondary N) is 1. The van der Waals surface area contributed by atoms with Gasteiger partial charge in [0, 0.05) is 25.2 Å². The van der Waals surface area contributed by atoms with Gasteiger partial charge in [-0.3, -0.25) is 9.69 Å². The maximum absolute atomic E-state index is 12.3. The number of carbonyl (C=O) groups excluding carboxylic acids is 1. The zero-order valence-electron chi connectivity index (χ0n) is 14.3. The number of carbonyl (C=O) groups is 1. The molecule has 2 fully saturated rings. The Morgan fingerprint density at radius 1 is 1.12 bits per heavy atom. The molecule has 0 radical (unpaired) electrons. The quantitative estimate of drug-likeness (QED) is 0.867. The fourth-order valence-electron chi connectivity index (χ4n) is 3.98. The van der Waals surface area contributed by atoms with Crippen molar-refractivity contribution in [2.75, 3.05) is 32.8 Å². The van der Waals surface area contributed by atoms with Gasteiger partial charge in [-0.1, -0.05) is 31.4 Å². The van der Waals surface area contributed by atoms with Gasteiger partial charge in [-0.2, -0.15) is 0 Å². The smallest absolute Gasteiger partial charge is 0.224 e. The van der Waals surface area contributed by atoms with Crippen molar-refractivity contribution in [3.05, 3.63) is 29.8 Å². The van der Waals surface area contributed by atoms with E-state index in [-0.39, 0.29) is 17.2 Å². The molecule has 24 heavy (non-hydrogen) atoms. The fraction of sp³-hybridized carbons (Fsp3) is 0.632. The molecule has 0 unspecified atom stereocenters. The van der Waals surface area contributed by atoms with E-state index < -0.39 is 0 Å².